The first-order chi connectivity index (χ1) is 6.95. The number of hydrazine groups is 1. The van der Waals surface area contributed by atoms with Gasteiger partial charge in [0.15, 0.2) is 0 Å². The highest BCUT2D eigenvalue weighted by molar-refractivity contribution is 6.01. The Kier molecular flexibility index (Phi) is 3.31. The minimum atomic E-state index is -0.509. The van der Waals surface area contributed by atoms with Gasteiger partial charge in [0.05, 0.1) is 5.54 Å². The molecule has 0 saturated carbocycles. The topological polar surface area (TPSA) is 74.0 Å². The van der Waals surface area contributed by atoms with Crippen molar-refractivity contribution in [1.82, 2.24) is 15.2 Å². The van der Waals surface area contributed by atoms with Gasteiger partial charge in [-0.15, -0.1) is 0 Å². The Balaban J connectivity index is 2.92. The number of hydrogen-bond donors (Lipinski definition) is 2. The zero-order valence-corrected chi connectivity index (χ0v) is 9.74. The fourth-order valence-electron chi connectivity index (χ4n) is 1.59. The van der Waals surface area contributed by atoms with Gasteiger partial charge in [-0.3, -0.25) is 25.0 Å². The van der Waals surface area contributed by atoms with Gasteiger partial charge in [-0.2, -0.15) is 0 Å². The van der Waals surface area contributed by atoms with Gasteiger partial charge in [-0.1, -0.05) is 0 Å². The van der Waals surface area contributed by atoms with Gasteiger partial charge in [0, 0.05) is 20.1 Å². The van der Waals surface area contributed by atoms with Crippen molar-refractivity contribution in [2.24, 2.45) is 10.8 Å². The lowest BCUT2D eigenvalue weighted by Gasteiger charge is -2.43. The smallest absolute Gasteiger partial charge is 0.249 e. The van der Waals surface area contributed by atoms with Crippen LogP contribution in [-0.2, 0) is 4.79 Å². The molecule has 3 N–H and O–H groups in total. The van der Waals surface area contributed by atoms with Gasteiger partial charge >= 0.3 is 0 Å². The molecule has 0 aliphatic carbocycles. The van der Waals surface area contributed by atoms with E-state index in [1.807, 2.05) is 25.8 Å². The van der Waals surface area contributed by atoms with E-state index in [0.717, 1.165) is 6.54 Å². The summed E-state index contributed by atoms with van der Waals surface area (Å²) in [6.45, 7) is 5.20. The van der Waals surface area contributed by atoms with Gasteiger partial charge < -0.3 is 0 Å². The maximum absolute atomic E-state index is 12.1. The van der Waals surface area contributed by atoms with E-state index in [0.29, 0.717) is 12.5 Å². The molecule has 15 heavy (non-hydrogen) atoms. The molecule has 1 fully saturated rings. The number of rotatable bonds is 0. The Morgan fingerprint density at radius 3 is 2.60 bits per heavy atom. The minimum absolute atomic E-state index is 0.00907. The number of hydrogen-bond acceptors (Lipinski definition) is 4. The van der Waals surface area contributed by atoms with Crippen molar-refractivity contribution in [2.75, 3.05) is 27.2 Å². The lowest BCUT2D eigenvalue weighted by molar-refractivity contribution is -0.142. The molecular weight excluding hydrogens is 194 g/mol. The molecule has 0 bridgehead atoms. The van der Waals surface area contributed by atoms with E-state index >= 15 is 0 Å². The second-order valence-corrected chi connectivity index (χ2v) is 4.13. The number of nitrogens with one attached hydrogen (secondary N) is 1. The molecule has 0 radical (unpaired) electrons. The normalized spacial score (nSPS) is 23.1. The van der Waals surface area contributed by atoms with Crippen molar-refractivity contribution < 1.29 is 4.79 Å². The van der Waals surface area contributed by atoms with E-state index in [9.17, 15) is 4.79 Å². The Morgan fingerprint density at radius 1 is 1.53 bits per heavy atom. The minimum Gasteiger partial charge on any atom is -0.294 e. The molecular formula is C9H19N5O. The highest BCUT2D eigenvalue weighted by atomic mass is 16.2. The third-order valence-electron chi connectivity index (χ3n) is 2.98. The molecule has 1 aliphatic heterocycles. The fourth-order valence-corrected chi connectivity index (χ4v) is 1.59. The van der Waals surface area contributed by atoms with Crippen molar-refractivity contribution in [1.29, 1.82) is 0 Å². The standard InChI is InChI=1S/C9H19N5O/c1-9(2)7(15)14(6-5-13(9)4)8(11-3)12-10/h5-6,10H2,1-4H3,(H,11,12). The number of aliphatic imine (C=N–C) groups is 1. The predicted octanol–water partition coefficient (Wildman–Crippen LogP) is -1.01. The molecule has 1 saturated heterocycles. The van der Waals surface area contributed by atoms with E-state index < -0.39 is 5.54 Å². The molecule has 0 aromatic rings. The molecule has 0 aromatic carbocycles. The summed E-state index contributed by atoms with van der Waals surface area (Å²) in [5.74, 6) is 5.74. The lowest BCUT2D eigenvalue weighted by atomic mass is 9.99. The first-order valence-electron chi connectivity index (χ1n) is 4.91. The van der Waals surface area contributed by atoms with E-state index in [2.05, 4.69) is 10.4 Å². The summed E-state index contributed by atoms with van der Waals surface area (Å²) in [6, 6.07) is 0. The SMILES string of the molecule is CN=C(NN)N1CCN(C)C(C)(C)C1=O. The van der Waals surface area contributed by atoms with Gasteiger partial charge in [0.25, 0.3) is 0 Å². The highest BCUT2D eigenvalue weighted by Crippen LogP contribution is 2.20. The third-order valence-corrected chi connectivity index (χ3v) is 2.98. The number of carbonyl (C=O) groups excluding carboxylic acids is 1. The number of likely N-dealkylation sites (N-methyl/N-ethyl adjacent to an activating group) is 1. The van der Waals surface area contributed by atoms with E-state index in [-0.39, 0.29) is 5.91 Å². The van der Waals surface area contributed by atoms with E-state index in [4.69, 9.17) is 5.84 Å². The molecule has 0 spiro atoms. The molecule has 0 aromatic heterocycles. The summed E-state index contributed by atoms with van der Waals surface area (Å²) < 4.78 is 0. The summed E-state index contributed by atoms with van der Waals surface area (Å²) in [5, 5.41) is 0. The maximum atomic E-state index is 12.1. The van der Waals surface area contributed by atoms with E-state index in [1.165, 1.54) is 0 Å². The lowest BCUT2D eigenvalue weighted by Crippen LogP contribution is -2.65. The van der Waals surface area contributed by atoms with Crippen LogP contribution in [0.2, 0.25) is 0 Å². The average Bonchev–Trinajstić information content (AvgIpc) is 2.20. The summed E-state index contributed by atoms with van der Waals surface area (Å²) in [6.07, 6.45) is 0. The third kappa shape index (κ3) is 1.95. The van der Waals surface area contributed by atoms with Crippen LogP contribution in [0.15, 0.2) is 4.99 Å². The van der Waals surface area contributed by atoms with Crippen molar-refractivity contribution >= 4 is 11.9 Å². The monoisotopic (exact) mass is 213 g/mol. The maximum Gasteiger partial charge on any atom is 0.249 e. The molecule has 1 aliphatic rings. The Hall–Kier alpha value is -1.14. The van der Waals surface area contributed by atoms with E-state index in [1.54, 1.807) is 11.9 Å². The number of nitrogens with two attached hydrogens (primary N) is 1. The number of piperazine rings is 1. The van der Waals surface area contributed by atoms with Crippen LogP contribution < -0.4 is 11.3 Å². The van der Waals surface area contributed by atoms with Gasteiger partial charge in [0.2, 0.25) is 11.9 Å². The summed E-state index contributed by atoms with van der Waals surface area (Å²) >= 11 is 0. The van der Waals surface area contributed by atoms with Gasteiger partial charge in [-0.25, -0.2) is 5.84 Å². The number of carbonyl (C=O) groups is 1. The van der Waals surface area contributed by atoms with Crippen LogP contribution in [0.25, 0.3) is 0 Å². The predicted molar refractivity (Wildman–Crippen MR) is 59.1 cm³/mol. The fraction of sp³-hybridized carbons (Fsp3) is 0.778. The van der Waals surface area contributed by atoms with Crippen LogP contribution in [0.3, 0.4) is 0 Å². The first kappa shape index (κ1) is 11.9. The quantitative estimate of drug-likeness (QED) is 0.234. The molecule has 6 heteroatoms. The molecule has 6 nitrogen and oxygen atoms in total. The summed E-state index contributed by atoms with van der Waals surface area (Å²) in [5.41, 5.74) is 1.93. The van der Waals surface area contributed by atoms with Gasteiger partial charge in [0.1, 0.15) is 0 Å². The van der Waals surface area contributed by atoms with Crippen LogP contribution >= 0.6 is 0 Å². The Bertz CT molecular complexity index is 286. The Morgan fingerprint density at radius 2 is 2.13 bits per heavy atom. The van der Waals surface area contributed by atoms with Crippen LogP contribution in [-0.4, -0.2) is 54.4 Å². The molecule has 1 amide bonds. The molecule has 1 heterocycles. The number of guanidine groups is 1. The second-order valence-electron chi connectivity index (χ2n) is 4.13. The van der Waals surface area contributed by atoms with Crippen LogP contribution in [0, 0.1) is 0 Å². The second kappa shape index (κ2) is 4.16. The van der Waals surface area contributed by atoms with Crippen LogP contribution in [0.1, 0.15) is 13.8 Å². The molecule has 0 atom stereocenters. The Labute approximate surface area is 90.1 Å². The van der Waals surface area contributed by atoms with Crippen molar-refractivity contribution in [3.63, 3.8) is 0 Å². The van der Waals surface area contributed by atoms with Crippen LogP contribution in [0.5, 0.6) is 0 Å². The highest BCUT2D eigenvalue weighted by Gasteiger charge is 2.41. The number of amides is 1. The number of nitrogens with zero attached hydrogens (tertiary/aromatic N) is 3. The van der Waals surface area contributed by atoms with Crippen molar-refractivity contribution in [3.8, 4) is 0 Å². The van der Waals surface area contributed by atoms with Gasteiger partial charge in [-0.05, 0) is 20.9 Å². The largest absolute Gasteiger partial charge is 0.294 e. The van der Waals surface area contributed by atoms with Crippen molar-refractivity contribution in [2.45, 2.75) is 19.4 Å². The van der Waals surface area contributed by atoms with Crippen molar-refractivity contribution in [3.05, 3.63) is 0 Å². The molecule has 86 valence electrons. The average molecular weight is 213 g/mol. The molecule has 1 rings (SSSR count). The molecule has 0 unspecified atom stereocenters. The van der Waals surface area contributed by atoms with Crippen LogP contribution in [0.4, 0.5) is 0 Å². The summed E-state index contributed by atoms with van der Waals surface area (Å²) in [4.78, 5) is 19.7. The zero-order chi connectivity index (χ0) is 11.6. The zero-order valence-electron chi connectivity index (χ0n) is 9.74. The first-order valence-corrected chi connectivity index (χ1v) is 4.91. The summed E-state index contributed by atoms with van der Waals surface area (Å²) in [7, 11) is 3.54.